The van der Waals surface area contributed by atoms with Gasteiger partial charge in [-0.2, -0.15) is 0 Å². The van der Waals surface area contributed by atoms with Gasteiger partial charge in [-0.1, -0.05) is 30.2 Å². The van der Waals surface area contributed by atoms with Gasteiger partial charge in [-0.25, -0.2) is 0 Å². The molecular formula is C15H18ClNO2. The van der Waals surface area contributed by atoms with Crippen LogP contribution in [0.25, 0.3) is 0 Å². The summed E-state index contributed by atoms with van der Waals surface area (Å²) in [6, 6.07) is 7.11. The van der Waals surface area contributed by atoms with Crippen LogP contribution in [0.5, 0.6) is 0 Å². The third kappa shape index (κ3) is 3.57. The minimum Gasteiger partial charge on any atom is -0.349 e. The molecule has 0 aliphatic heterocycles. The minimum absolute atomic E-state index is 0.112. The zero-order valence-corrected chi connectivity index (χ0v) is 11.7. The molecule has 2 rings (SSSR count). The first-order chi connectivity index (χ1) is 9.08. The number of rotatable bonds is 3. The van der Waals surface area contributed by atoms with Crippen LogP contribution in [0.3, 0.4) is 0 Å². The van der Waals surface area contributed by atoms with E-state index in [1.54, 1.807) is 12.1 Å². The van der Waals surface area contributed by atoms with Gasteiger partial charge in [0.2, 0.25) is 5.91 Å². The van der Waals surface area contributed by atoms with Gasteiger partial charge < -0.3 is 5.32 Å². The molecule has 1 amide bonds. The average molecular weight is 280 g/mol. The highest BCUT2D eigenvalue weighted by atomic mass is 35.5. The smallest absolute Gasteiger partial charge is 0.217 e. The Morgan fingerprint density at radius 1 is 1.32 bits per heavy atom. The molecule has 1 aromatic carbocycles. The molecule has 1 saturated carbocycles. The first kappa shape index (κ1) is 14.1. The van der Waals surface area contributed by atoms with Gasteiger partial charge >= 0.3 is 0 Å². The molecule has 102 valence electrons. The molecule has 19 heavy (non-hydrogen) atoms. The molecule has 0 bridgehead atoms. The molecule has 0 aromatic heterocycles. The summed E-state index contributed by atoms with van der Waals surface area (Å²) < 4.78 is 0. The molecule has 0 unspecified atom stereocenters. The number of nitrogens with one attached hydrogen (secondary N) is 1. The maximum absolute atomic E-state index is 12.1. The molecule has 0 radical (unpaired) electrons. The van der Waals surface area contributed by atoms with Gasteiger partial charge in [-0.3, -0.25) is 9.59 Å². The Kier molecular flexibility index (Phi) is 4.59. The van der Waals surface area contributed by atoms with E-state index in [4.69, 9.17) is 11.6 Å². The van der Waals surface area contributed by atoms with Gasteiger partial charge in [-0.15, -0.1) is 0 Å². The second-order valence-electron chi connectivity index (χ2n) is 5.05. The number of hydrogen-bond acceptors (Lipinski definition) is 2. The highest BCUT2D eigenvalue weighted by molar-refractivity contribution is 6.30. The van der Waals surface area contributed by atoms with Crippen molar-refractivity contribution in [2.45, 2.75) is 38.6 Å². The highest BCUT2D eigenvalue weighted by Gasteiger charge is 2.31. The van der Waals surface area contributed by atoms with Gasteiger partial charge in [0.25, 0.3) is 0 Å². The lowest BCUT2D eigenvalue weighted by molar-refractivity contribution is -0.126. The lowest BCUT2D eigenvalue weighted by Crippen LogP contribution is -2.37. The van der Waals surface area contributed by atoms with Crippen molar-refractivity contribution < 1.29 is 9.59 Å². The van der Waals surface area contributed by atoms with Crippen molar-refractivity contribution in [3.63, 3.8) is 0 Å². The molecular weight excluding hydrogens is 262 g/mol. The van der Waals surface area contributed by atoms with E-state index >= 15 is 0 Å². The van der Waals surface area contributed by atoms with E-state index in [2.05, 4.69) is 5.32 Å². The Morgan fingerprint density at radius 3 is 2.58 bits per heavy atom. The number of benzene rings is 1. The fraction of sp³-hybridized carbons (Fsp3) is 0.467. The molecule has 0 spiro atoms. The van der Waals surface area contributed by atoms with Crippen molar-refractivity contribution >= 4 is 23.3 Å². The first-order valence-electron chi connectivity index (χ1n) is 6.63. The summed E-state index contributed by atoms with van der Waals surface area (Å²) in [5.74, 6) is 0.0251. The van der Waals surface area contributed by atoms with Gasteiger partial charge in [0.1, 0.15) is 5.78 Å². The van der Waals surface area contributed by atoms with E-state index < -0.39 is 0 Å². The average Bonchev–Trinajstić information content (AvgIpc) is 2.38. The van der Waals surface area contributed by atoms with Gasteiger partial charge in [0.05, 0.1) is 6.04 Å². The van der Waals surface area contributed by atoms with Crippen LogP contribution in [-0.4, -0.2) is 11.7 Å². The third-order valence-electron chi connectivity index (χ3n) is 3.59. The Labute approximate surface area is 118 Å². The second kappa shape index (κ2) is 6.20. The number of hydrogen-bond donors (Lipinski definition) is 1. The molecule has 1 N–H and O–H groups in total. The summed E-state index contributed by atoms with van der Waals surface area (Å²) >= 11 is 5.88. The fourth-order valence-corrected chi connectivity index (χ4v) is 2.79. The van der Waals surface area contributed by atoms with Crippen LogP contribution in [-0.2, 0) is 9.59 Å². The Morgan fingerprint density at radius 2 is 2.00 bits per heavy atom. The number of carbonyl (C=O) groups is 2. The number of carbonyl (C=O) groups excluding carboxylic acids is 2. The van der Waals surface area contributed by atoms with Crippen LogP contribution in [0.4, 0.5) is 0 Å². The van der Waals surface area contributed by atoms with Crippen molar-refractivity contribution in [2.24, 2.45) is 5.92 Å². The van der Waals surface area contributed by atoms with Crippen LogP contribution >= 0.6 is 11.6 Å². The van der Waals surface area contributed by atoms with E-state index in [1.165, 1.54) is 6.92 Å². The molecule has 1 aliphatic carbocycles. The zero-order chi connectivity index (χ0) is 13.8. The van der Waals surface area contributed by atoms with E-state index in [0.717, 1.165) is 24.8 Å². The van der Waals surface area contributed by atoms with E-state index in [-0.39, 0.29) is 23.7 Å². The van der Waals surface area contributed by atoms with Crippen molar-refractivity contribution in [3.05, 3.63) is 34.9 Å². The normalized spacial score (nSPS) is 20.9. The molecule has 0 heterocycles. The van der Waals surface area contributed by atoms with Gasteiger partial charge in [0.15, 0.2) is 0 Å². The van der Waals surface area contributed by atoms with E-state index in [9.17, 15) is 9.59 Å². The third-order valence-corrected chi connectivity index (χ3v) is 3.84. The maximum atomic E-state index is 12.1. The van der Waals surface area contributed by atoms with Crippen molar-refractivity contribution in [3.8, 4) is 0 Å². The van der Waals surface area contributed by atoms with E-state index in [0.29, 0.717) is 11.4 Å². The monoisotopic (exact) mass is 279 g/mol. The molecule has 1 aromatic rings. The summed E-state index contributed by atoms with van der Waals surface area (Å²) in [4.78, 5) is 23.5. The maximum Gasteiger partial charge on any atom is 0.217 e. The highest BCUT2D eigenvalue weighted by Crippen LogP contribution is 2.32. The molecule has 1 aliphatic rings. The quantitative estimate of drug-likeness (QED) is 0.923. The number of amides is 1. The van der Waals surface area contributed by atoms with Crippen molar-refractivity contribution in [2.75, 3.05) is 0 Å². The Bertz CT molecular complexity index is 470. The molecule has 0 saturated heterocycles. The summed E-state index contributed by atoms with van der Waals surface area (Å²) in [7, 11) is 0. The number of ketones is 1. The van der Waals surface area contributed by atoms with Crippen LogP contribution in [0.1, 0.15) is 44.2 Å². The minimum atomic E-state index is -0.234. The fourth-order valence-electron chi connectivity index (χ4n) is 2.67. The van der Waals surface area contributed by atoms with Crippen LogP contribution in [0, 0.1) is 5.92 Å². The van der Waals surface area contributed by atoms with E-state index in [1.807, 2.05) is 12.1 Å². The number of Topliss-reactive ketones (excluding diaryl/α,β-unsaturated/α-hetero) is 1. The van der Waals surface area contributed by atoms with Crippen LogP contribution < -0.4 is 5.32 Å². The topological polar surface area (TPSA) is 46.2 Å². The summed E-state index contributed by atoms with van der Waals surface area (Å²) in [5.41, 5.74) is 0.944. The molecule has 1 fully saturated rings. The summed E-state index contributed by atoms with van der Waals surface area (Å²) in [6.45, 7) is 1.48. The Balaban J connectivity index is 2.26. The second-order valence-corrected chi connectivity index (χ2v) is 5.48. The predicted octanol–water partition coefficient (Wildman–Crippen LogP) is 3.28. The lowest BCUT2D eigenvalue weighted by Gasteiger charge is -2.30. The Hall–Kier alpha value is -1.35. The van der Waals surface area contributed by atoms with Gasteiger partial charge in [0, 0.05) is 24.3 Å². The molecule has 4 heteroatoms. The molecule has 2 atom stereocenters. The SMILES string of the molecule is CC(=O)N[C@H](c1ccc(Cl)cc1)[C@H]1CCCCC1=O. The van der Waals surface area contributed by atoms with Gasteiger partial charge in [-0.05, 0) is 30.5 Å². The number of halogens is 1. The van der Waals surface area contributed by atoms with Crippen molar-refractivity contribution in [1.29, 1.82) is 0 Å². The van der Waals surface area contributed by atoms with Crippen molar-refractivity contribution in [1.82, 2.24) is 5.32 Å². The van der Waals surface area contributed by atoms with Crippen LogP contribution in [0.15, 0.2) is 24.3 Å². The first-order valence-corrected chi connectivity index (χ1v) is 7.01. The largest absolute Gasteiger partial charge is 0.349 e. The molecule has 3 nitrogen and oxygen atoms in total. The predicted molar refractivity (Wildman–Crippen MR) is 75.0 cm³/mol. The summed E-state index contributed by atoms with van der Waals surface area (Å²) in [6.07, 6.45) is 3.46. The lowest BCUT2D eigenvalue weighted by atomic mass is 9.80. The van der Waals surface area contributed by atoms with Crippen LogP contribution in [0.2, 0.25) is 5.02 Å². The zero-order valence-electron chi connectivity index (χ0n) is 11.0. The standard InChI is InChI=1S/C15H18ClNO2/c1-10(18)17-15(11-6-8-12(16)9-7-11)13-4-2-3-5-14(13)19/h6-9,13,15H,2-5H2,1H3,(H,17,18)/t13-,15+/m0/s1. The summed E-state index contributed by atoms with van der Waals surface area (Å²) in [5, 5.41) is 3.57.